The second-order valence-electron chi connectivity index (χ2n) is 9.32. The van der Waals surface area contributed by atoms with E-state index in [-0.39, 0.29) is 11.5 Å². The largest absolute Gasteiger partial charge is 0.382 e. The quantitative estimate of drug-likeness (QED) is 0.322. The van der Waals surface area contributed by atoms with Crippen LogP contribution in [-0.2, 0) is 9.53 Å². The van der Waals surface area contributed by atoms with Crippen LogP contribution in [-0.4, -0.2) is 57.4 Å². The number of nitrogens with zero attached hydrogens (tertiary/aromatic N) is 4. The molecule has 4 heterocycles. The van der Waals surface area contributed by atoms with Crippen molar-refractivity contribution in [3.63, 3.8) is 0 Å². The third kappa shape index (κ3) is 5.21. The number of anilines is 1. The summed E-state index contributed by atoms with van der Waals surface area (Å²) in [5, 5.41) is 0. The molecule has 0 bridgehead atoms. The standard InChI is InChI=1S/C25H32N4O3S2/c1-5-32-10-6-9-28-24(31)20(34-25(28)33)12-19-22(27-13-17(3)11-18(4)14-27)26-21-8-7-16(2)15-29(21)23(19)30/h7-8,12,15,17-18H,5-6,9-11,13-14H2,1-4H3/b20-12-. The van der Waals surface area contributed by atoms with Gasteiger partial charge in [-0.15, -0.1) is 0 Å². The Hall–Kier alpha value is -2.23. The summed E-state index contributed by atoms with van der Waals surface area (Å²) in [6.45, 7) is 11.7. The van der Waals surface area contributed by atoms with E-state index in [1.165, 1.54) is 11.8 Å². The van der Waals surface area contributed by atoms with Gasteiger partial charge in [-0.25, -0.2) is 4.98 Å². The molecule has 1 amide bonds. The molecule has 2 saturated heterocycles. The van der Waals surface area contributed by atoms with Gasteiger partial charge in [0.15, 0.2) is 0 Å². The zero-order valence-corrected chi connectivity index (χ0v) is 21.9. The summed E-state index contributed by atoms with van der Waals surface area (Å²) in [5.41, 5.74) is 1.85. The van der Waals surface area contributed by atoms with Gasteiger partial charge in [-0.2, -0.15) is 0 Å². The average molecular weight is 501 g/mol. The van der Waals surface area contributed by atoms with Crippen molar-refractivity contribution >= 4 is 51.7 Å². The fourth-order valence-corrected chi connectivity index (χ4v) is 6.03. The van der Waals surface area contributed by atoms with Gasteiger partial charge < -0.3 is 9.64 Å². The first kappa shape index (κ1) is 24.9. The second kappa shape index (κ2) is 10.6. The Balaban J connectivity index is 1.75. The molecule has 2 aliphatic heterocycles. The Bertz CT molecular complexity index is 1180. The van der Waals surface area contributed by atoms with Crippen LogP contribution in [0.2, 0.25) is 0 Å². The van der Waals surface area contributed by atoms with E-state index in [0.29, 0.717) is 64.3 Å². The molecule has 34 heavy (non-hydrogen) atoms. The van der Waals surface area contributed by atoms with Gasteiger partial charge in [0.2, 0.25) is 0 Å². The highest BCUT2D eigenvalue weighted by Crippen LogP contribution is 2.34. The highest BCUT2D eigenvalue weighted by atomic mass is 32.2. The summed E-state index contributed by atoms with van der Waals surface area (Å²) >= 11 is 6.73. The minimum atomic E-state index is -0.170. The van der Waals surface area contributed by atoms with Crippen molar-refractivity contribution in [3.05, 3.63) is 44.7 Å². The molecule has 9 heteroatoms. The van der Waals surface area contributed by atoms with Gasteiger partial charge in [0.1, 0.15) is 15.8 Å². The van der Waals surface area contributed by atoms with Crippen LogP contribution in [0.15, 0.2) is 28.0 Å². The van der Waals surface area contributed by atoms with Crippen LogP contribution in [0.1, 0.15) is 44.7 Å². The van der Waals surface area contributed by atoms with Crippen LogP contribution in [0, 0.1) is 18.8 Å². The van der Waals surface area contributed by atoms with Crippen LogP contribution in [0.25, 0.3) is 11.7 Å². The Morgan fingerprint density at radius 3 is 2.68 bits per heavy atom. The molecule has 2 aliphatic rings. The van der Waals surface area contributed by atoms with Gasteiger partial charge in [0.05, 0.1) is 10.5 Å². The van der Waals surface area contributed by atoms with Gasteiger partial charge in [-0.1, -0.05) is 43.9 Å². The minimum absolute atomic E-state index is 0.161. The number of carbonyl (C=O) groups is 1. The molecule has 0 spiro atoms. The number of fused-ring (bicyclic) bond motifs is 1. The maximum absolute atomic E-state index is 13.7. The first-order valence-corrected chi connectivity index (χ1v) is 13.1. The molecule has 0 saturated carbocycles. The molecule has 4 rings (SSSR count). The second-order valence-corrected chi connectivity index (χ2v) is 11.0. The van der Waals surface area contributed by atoms with E-state index in [1.807, 2.05) is 26.0 Å². The van der Waals surface area contributed by atoms with Crippen LogP contribution < -0.4 is 10.5 Å². The van der Waals surface area contributed by atoms with E-state index in [0.717, 1.165) is 25.1 Å². The molecular weight excluding hydrogens is 468 g/mol. The Morgan fingerprint density at radius 2 is 1.97 bits per heavy atom. The number of pyridine rings is 1. The number of amides is 1. The van der Waals surface area contributed by atoms with E-state index in [4.69, 9.17) is 21.9 Å². The fourth-order valence-electron chi connectivity index (χ4n) is 4.74. The van der Waals surface area contributed by atoms with E-state index in [9.17, 15) is 9.59 Å². The number of aryl methyl sites for hydroxylation is 1. The van der Waals surface area contributed by atoms with E-state index in [2.05, 4.69) is 18.7 Å². The number of hydrogen-bond acceptors (Lipinski definition) is 7. The average Bonchev–Trinajstić information content (AvgIpc) is 3.05. The summed E-state index contributed by atoms with van der Waals surface area (Å²) in [6, 6.07) is 3.83. The van der Waals surface area contributed by atoms with E-state index < -0.39 is 0 Å². The molecule has 0 N–H and O–H groups in total. The number of aromatic nitrogens is 2. The van der Waals surface area contributed by atoms with Crippen molar-refractivity contribution in [2.45, 2.75) is 40.5 Å². The first-order valence-electron chi connectivity index (χ1n) is 11.9. The Kier molecular flexibility index (Phi) is 7.74. The minimum Gasteiger partial charge on any atom is -0.382 e. The van der Waals surface area contributed by atoms with Crippen LogP contribution in [0.5, 0.6) is 0 Å². The monoisotopic (exact) mass is 500 g/mol. The zero-order chi connectivity index (χ0) is 24.4. The molecule has 2 unspecified atom stereocenters. The topological polar surface area (TPSA) is 67.2 Å². The highest BCUT2D eigenvalue weighted by Gasteiger charge is 2.33. The van der Waals surface area contributed by atoms with Crippen molar-refractivity contribution in [2.24, 2.45) is 11.8 Å². The molecule has 182 valence electrons. The Morgan fingerprint density at radius 1 is 1.24 bits per heavy atom. The highest BCUT2D eigenvalue weighted by molar-refractivity contribution is 8.26. The van der Waals surface area contributed by atoms with Gasteiger partial charge in [-0.3, -0.25) is 18.9 Å². The molecule has 2 aromatic heterocycles. The Labute approximate surface area is 210 Å². The molecule has 7 nitrogen and oxygen atoms in total. The SMILES string of the molecule is CCOCCCN1C(=O)/C(=C/c2c(N3CC(C)CC(C)C3)nc3ccc(C)cn3c2=O)SC1=S. The number of piperidine rings is 1. The smallest absolute Gasteiger partial charge is 0.267 e. The number of rotatable bonds is 7. The molecule has 2 fully saturated rings. The van der Waals surface area contributed by atoms with Crippen molar-refractivity contribution in [2.75, 3.05) is 37.7 Å². The lowest BCUT2D eigenvalue weighted by molar-refractivity contribution is -0.122. The third-order valence-corrected chi connectivity index (χ3v) is 7.56. The lowest BCUT2D eigenvalue weighted by Crippen LogP contribution is -2.40. The van der Waals surface area contributed by atoms with Gasteiger partial charge in [-0.05, 0) is 56.2 Å². The molecule has 2 aromatic rings. The summed E-state index contributed by atoms with van der Waals surface area (Å²) in [6.07, 6.45) is 5.36. The molecule has 2 atom stereocenters. The van der Waals surface area contributed by atoms with Crippen molar-refractivity contribution in [3.8, 4) is 0 Å². The maximum atomic E-state index is 13.7. The lowest BCUT2D eigenvalue weighted by atomic mass is 9.91. The van der Waals surface area contributed by atoms with Crippen LogP contribution >= 0.6 is 24.0 Å². The summed E-state index contributed by atoms with van der Waals surface area (Å²) in [5.74, 6) is 1.48. The van der Waals surface area contributed by atoms with E-state index >= 15 is 0 Å². The normalized spacial score (nSPS) is 22.4. The first-order chi connectivity index (χ1) is 16.3. The summed E-state index contributed by atoms with van der Waals surface area (Å²) < 4.78 is 7.48. The third-order valence-electron chi connectivity index (χ3n) is 6.18. The van der Waals surface area contributed by atoms with Crippen molar-refractivity contribution < 1.29 is 9.53 Å². The number of ether oxygens (including phenoxy) is 1. The lowest BCUT2D eigenvalue weighted by Gasteiger charge is -2.36. The number of thioether (sulfide) groups is 1. The summed E-state index contributed by atoms with van der Waals surface area (Å²) in [7, 11) is 0. The van der Waals surface area contributed by atoms with Crippen molar-refractivity contribution in [1.82, 2.24) is 14.3 Å². The number of hydrogen-bond donors (Lipinski definition) is 0. The van der Waals surface area contributed by atoms with Gasteiger partial charge in [0.25, 0.3) is 11.5 Å². The van der Waals surface area contributed by atoms with Crippen LogP contribution in [0.3, 0.4) is 0 Å². The zero-order valence-electron chi connectivity index (χ0n) is 20.2. The molecule has 0 aliphatic carbocycles. The summed E-state index contributed by atoms with van der Waals surface area (Å²) in [4.78, 5) is 36.0. The predicted molar refractivity (Wildman–Crippen MR) is 142 cm³/mol. The molecule has 0 radical (unpaired) electrons. The maximum Gasteiger partial charge on any atom is 0.267 e. The van der Waals surface area contributed by atoms with Crippen LogP contribution in [0.4, 0.5) is 5.82 Å². The molecular formula is C25H32N4O3S2. The van der Waals surface area contributed by atoms with E-state index in [1.54, 1.807) is 21.6 Å². The number of thiocarbonyl (C=S) groups is 1. The number of carbonyl (C=O) groups excluding carboxylic acids is 1. The van der Waals surface area contributed by atoms with Gasteiger partial charge >= 0.3 is 0 Å². The van der Waals surface area contributed by atoms with Gasteiger partial charge in [0, 0.05) is 39.0 Å². The fraction of sp³-hybridized carbons (Fsp3) is 0.520. The molecule has 0 aromatic carbocycles. The van der Waals surface area contributed by atoms with Crippen molar-refractivity contribution in [1.29, 1.82) is 0 Å². The predicted octanol–water partition coefficient (Wildman–Crippen LogP) is 4.11.